The molecule has 1 aromatic heterocycles. The van der Waals surface area contributed by atoms with Gasteiger partial charge in [0.1, 0.15) is 5.69 Å². The summed E-state index contributed by atoms with van der Waals surface area (Å²) in [7, 11) is 0. The number of pyridine rings is 1. The van der Waals surface area contributed by atoms with Crippen LogP contribution in [0.2, 0.25) is 5.02 Å². The molecule has 1 heterocycles. The lowest BCUT2D eigenvalue weighted by atomic mass is 10.2. The van der Waals surface area contributed by atoms with Crippen LogP contribution in [0.1, 0.15) is 29.9 Å². The molecular formula is C17H20ClN3O. The summed E-state index contributed by atoms with van der Waals surface area (Å²) in [5.74, 6) is -0.177. The van der Waals surface area contributed by atoms with Crippen LogP contribution < -0.4 is 10.2 Å². The van der Waals surface area contributed by atoms with E-state index < -0.39 is 0 Å². The molecule has 0 aliphatic carbocycles. The number of hydrogen-bond acceptors (Lipinski definition) is 3. The quantitative estimate of drug-likeness (QED) is 0.886. The van der Waals surface area contributed by atoms with Gasteiger partial charge in [-0.2, -0.15) is 0 Å². The molecule has 0 fully saturated rings. The molecule has 0 spiro atoms. The SMILES string of the molecule is CCN(CC)c1ccnc(C(=O)NCc2ccc(Cl)cc2)c1. The monoisotopic (exact) mass is 317 g/mol. The normalized spacial score (nSPS) is 10.3. The molecule has 22 heavy (non-hydrogen) atoms. The second-order valence-electron chi connectivity index (χ2n) is 4.88. The zero-order valence-electron chi connectivity index (χ0n) is 12.8. The van der Waals surface area contributed by atoms with Gasteiger partial charge in [0.25, 0.3) is 5.91 Å². The molecule has 0 atom stereocenters. The van der Waals surface area contributed by atoms with Gasteiger partial charge < -0.3 is 10.2 Å². The summed E-state index contributed by atoms with van der Waals surface area (Å²) in [6.07, 6.45) is 1.67. The molecule has 0 saturated carbocycles. The van der Waals surface area contributed by atoms with Gasteiger partial charge in [-0.15, -0.1) is 0 Å². The predicted molar refractivity (Wildman–Crippen MR) is 90.4 cm³/mol. The van der Waals surface area contributed by atoms with E-state index in [1.54, 1.807) is 6.20 Å². The van der Waals surface area contributed by atoms with Crippen LogP contribution >= 0.6 is 11.6 Å². The number of anilines is 1. The third-order valence-corrected chi connectivity index (χ3v) is 3.72. The number of hydrogen-bond donors (Lipinski definition) is 1. The molecule has 1 N–H and O–H groups in total. The van der Waals surface area contributed by atoms with E-state index in [9.17, 15) is 4.79 Å². The van der Waals surface area contributed by atoms with E-state index in [1.165, 1.54) is 0 Å². The van der Waals surface area contributed by atoms with Crippen LogP contribution in [0, 0.1) is 0 Å². The van der Waals surface area contributed by atoms with Crippen molar-refractivity contribution in [1.29, 1.82) is 0 Å². The number of nitrogens with zero attached hydrogens (tertiary/aromatic N) is 2. The summed E-state index contributed by atoms with van der Waals surface area (Å²) in [4.78, 5) is 18.6. The zero-order valence-corrected chi connectivity index (χ0v) is 13.6. The van der Waals surface area contributed by atoms with E-state index in [0.29, 0.717) is 17.3 Å². The van der Waals surface area contributed by atoms with Gasteiger partial charge in [0.15, 0.2) is 0 Å². The highest BCUT2D eigenvalue weighted by Crippen LogP contribution is 2.14. The number of rotatable bonds is 6. The Morgan fingerprint density at radius 2 is 1.86 bits per heavy atom. The lowest BCUT2D eigenvalue weighted by Crippen LogP contribution is -2.25. The first-order valence-electron chi connectivity index (χ1n) is 7.37. The third-order valence-electron chi connectivity index (χ3n) is 3.47. The molecule has 0 unspecified atom stereocenters. The Balaban J connectivity index is 2.03. The Hall–Kier alpha value is -2.07. The van der Waals surface area contributed by atoms with E-state index in [-0.39, 0.29) is 5.91 Å². The second kappa shape index (κ2) is 7.80. The molecule has 0 bridgehead atoms. The fourth-order valence-corrected chi connectivity index (χ4v) is 2.33. The molecule has 5 heteroatoms. The Kier molecular flexibility index (Phi) is 5.78. The topological polar surface area (TPSA) is 45.2 Å². The summed E-state index contributed by atoms with van der Waals surface area (Å²) in [5.41, 5.74) is 2.44. The first-order valence-corrected chi connectivity index (χ1v) is 7.75. The van der Waals surface area contributed by atoms with E-state index in [2.05, 4.69) is 29.0 Å². The average molecular weight is 318 g/mol. The first kappa shape index (κ1) is 16.3. The van der Waals surface area contributed by atoms with Crippen molar-refractivity contribution in [3.63, 3.8) is 0 Å². The number of carbonyl (C=O) groups is 1. The molecule has 1 aromatic carbocycles. The van der Waals surface area contributed by atoms with Crippen molar-refractivity contribution in [3.8, 4) is 0 Å². The molecule has 2 rings (SSSR count). The number of aromatic nitrogens is 1. The molecule has 0 saturated heterocycles. The van der Waals surface area contributed by atoms with Gasteiger partial charge in [0.05, 0.1) is 0 Å². The highest BCUT2D eigenvalue weighted by molar-refractivity contribution is 6.30. The molecule has 2 aromatic rings. The second-order valence-corrected chi connectivity index (χ2v) is 5.32. The van der Waals surface area contributed by atoms with Gasteiger partial charge in [-0.3, -0.25) is 9.78 Å². The van der Waals surface area contributed by atoms with Gasteiger partial charge in [0, 0.05) is 36.5 Å². The van der Waals surface area contributed by atoms with Crippen LogP contribution in [0.4, 0.5) is 5.69 Å². The maximum atomic E-state index is 12.2. The van der Waals surface area contributed by atoms with Gasteiger partial charge in [0.2, 0.25) is 0 Å². The number of halogens is 1. The molecule has 116 valence electrons. The third kappa shape index (κ3) is 4.21. The maximum Gasteiger partial charge on any atom is 0.270 e. The van der Waals surface area contributed by atoms with Gasteiger partial charge in [-0.1, -0.05) is 23.7 Å². The number of benzene rings is 1. The minimum absolute atomic E-state index is 0.177. The molecule has 0 aliphatic rings. The standard InChI is InChI=1S/C17H20ClN3O/c1-3-21(4-2)15-9-10-19-16(11-15)17(22)20-12-13-5-7-14(18)8-6-13/h5-11H,3-4,12H2,1-2H3,(H,20,22). The summed E-state index contributed by atoms with van der Waals surface area (Å²) in [6.45, 7) is 6.42. The van der Waals surface area contributed by atoms with Crippen molar-refractivity contribution in [3.05, 3.63) is 58.9 Å². The summed E-state index contributed by atoms with van der Waals surface area (Å²) < 4.78 is 0. The van der Waals surface area contributed by atoms with E-state index in [4.69, 9.17) is 11.6 Å². The van der Waals surface area contributed by atoms with Crippen LogP contribution in [0.3, 0.4) is 0 Å². The number of nitrogens with one attached hydrogen (secondary N) is 1. The van der Waals surface area contributed by atoms with Gasteiger partial charge in [-0.25, -0.2) is 0 Å². The van der Waals surface area contributed by atoms with Crippen LogP contribution in [-0.2, 0) is 6.54 Å². The fraction of sp³-hybridized carbons (Fsp3) is 0.294. The van der Waals surface area contributed by atoms with Crippen molar-refractivity contribution < 1.29 is 4.79 Å². The minimum atomic E-state index is -0.177. The Labute approximate surface area is 136 Å². The van der Waals surface area contributed by atoms with Crippen LogP contribution in [0.15, 0.2) is 42.6 Å². The summed E-state index contributed by atoms with van der Waals surface area (Å²) >= 11 is 5.84. The van der Waals surface area contributed by atoms with Crippen LogP contribution in [0.5, 0.6) is 0 Å². The highest BCUT2D eigenvalue weighted by Gasteiger charge is 2.10. The van der Waals surface area contributed by atoms with Crippen LogP contribution in [0.25, 0.3) is 0 Å². The summed E-state index contributed by atoms with van der Waals surface area (Å²) in [5, 5.41) is 3.56. The van der Waals surface area contributed by atoms with Crippen LogP contribution in [-0.4, -0.2) is 24.0 Å². The molecule has 4 nitrogen and oxygen atoms in total. The average Bonchev–Trinajstić information content (AvgIpc) is 2.55. The van der Waals surface area contributed by atoms with Crippen molar-refractivity contribution >= 4 is 23.2 Å². The van der Waals surface area contributed by atoms with Crippen molar-refractivity contribution in [1.82, 2.24) is 10.3 Å². The Morgan fingerprint density at radius 3 is 2.50 bits per heavy atom. The van der Waals surface area contributed by atoms with E-state index in [1.807, 2.05) is 36.4 Å². The smallest absolute Gasteiger partial charge is 0.270 e. The molecule has 1 amide bonds. The number of amides is 1. The zero-order chi connectivity index (χ0) is 15.9. The Bertz CT molecular complexity index is 624. The first-order chi connectivity index (χ1) is 10.6. The van der Waals surface area contributed by atoms with Crippen molar-refractivity contribution in [2.24, 2.45) is 0 Å². The predicted octanol–water partition coefficient (Wildman–Crippen LogP) is 3.51. The van der Waals surface area contributed by atoms with Crippen molar-refractivity contribution in [2.45, 2.75) is 20.4 Å². The van der Waals surface area contributed by atoms with Crippen molar-refractivity contribution in [2.75, 3.05) is 18.0 Å². The largest absolute Gasteiger partial charge is 0.372 e. The molecular weight excluding hydrogens is 298 g/mol. The molecule has 0 aliphatic heterocycles. The minimum Gasteiger partial charge on any atom is -0.372 e. The fourth-order valence-electron chi connectivity index (χ4n) is 2.20. The number of carbonyl (C=O) groups excluding carboxylic acids is 1. The highest BCUT2D eigenvalue weighted by atomic mass is 35.5. The van der Waals surface area contributed by atoms with E-state index in [0.717, 1.165) is 24.3 Å². The van der Waals surface area contributed by atoms with Gasteiger partial charge in [-0.05, 0) is 43.7 Å². The Morgan fingerprint density at radius 1 is 1.18 bits per heavy atom. The maximum absolute atomic E-state index is 12.2. The molecule has 0 radical (unpaired) electrons. The lowest BCUT2D eigenvalue weighted by Gasteiger charge is -2.21. The van der Waals surface area contributed by atoms with E-state index >= 15 is 0 Å². The van der Waals surface area contributed by atoms with Gasteiger partial charge >= 0.3 is 0 Å². The lowest BCUT2D eigenvalue weighted by molar-refractivity contribution is 0.0946. The summed E-state index contributed by atoms with van der Waals surface area (Å²) in [6, 6.07) is 11.1.